The first-order valence-electron chi connectivity index (χ1n) is 4.08. The molecule has 0 aliphatic rings. The molecule has 0 atom stereocenters. The van der Waals surface area contributed by atoms with Gasteiger partial charge in [0.1, 0.15) is 11.5 Å². The van der Waals surface area contributed by atoms with Gasteiger partial charge in [-0.25, -0.2) is 9.78 Å². The number of esters is 1. The molecular weight excluding hydrogens is 170 g/mol. The van der Waals surface area contributed by atoms with E-state index in [4.69, 9.17) is 10.5 Å². The van der Waals surface area contributed by atoms with Crippen LogP contribution >= 0.6 is 0 Å². The predicted octanol–water partition coefficient (Wildman–Crippen LogP) is 0.0555. The van der Waals surface area contributed by atoms with E-state index in [1.807, 2.05) is 0 Å². The molecule has 0 fully saturated rings. The summed E-state index contributed by atoms with van der Waals surface area (Å²) < 4.78 is 6.46. The van der Waals surface area contributed by atoms with Crippen molar-refractivity contribution in [2.45, 2.75) is 13.5 Å². The Morgan fingerprint density at radius 3 is 2.92 bits per heavy atom. The van der Waals surface area contributed by atoms with Crippen molar-refractivity contribution in [1.82, 2.24) is 9.55 Å². The van der Waals surface area contributed by atoms with Crippen LogP contribution in [-0.2, 0) is 18.3 Å². The average Bonchev–Trinajstić information content (AvgIpc) is 2.47. The van der Waals surface area contributed by atoms with Crippen LogP contribution < -0.4 is 5.73 Å². The predicted molar refractivity (Wildman–Crippen MR) is 47.1 cm³/mol. The standard InChI is InChI=1S/C8H13N3O2/c1-3-13-8(12)6-5-10-7(4-9)11(6)2/h5H,3-4,9H2,1-2H3. The quantitative estimate of drug-likeness (QED) is 0.672. The van der Waals surface area contributed by atoms with Gasteiger partial charge in [-0.3, -0.25) is 0 Å². The largest absolute Gasteiger partial charge is 0.461 e. The van der Waals surface area contributed by atoms with Crippen molar-refractivity contribution in [3.63, 3.8) is 0 Å². The maximum Gasteiger partial charge on any atom is 0.356 e. The zero-order valence-electron chi connectivity index (χ0n) is 7.78. The van der Waals surface area contributed by atoms with Gasteiger partial charge in [-0.1, -0.05) is 0 Å². The molecule has 1 rings (SSSR count). The summed E-state index contributed by atoms with van der Waals surface area (Å²) in [6, 6.07) is 0. The summed E-state index contributed by atoms with van der Waals surface area (Å²) in [5.41, 5.74) is 5.84. The highest BCUT2D eigenvalue weighted by Crippen LogP contribution is 2.03. The highest BCUT2D eigenvalue weighted by atomic mass is 16.5. The molecule has 2 N–H and O–H groups in total. The van der Waals surface area contributed by atoms with E-state index >= 15 is 0 Å². The third-order valence-corrected chi connectivity index (χ3v) is 1.75. The average molecular weight is 183 g/mol. The highest BCUT2D eigenvalue weighted by Gasteiger charge is 2.13. The van der Waals surface area contributed by atoms with E-state index in [-0.39, 0.29) is 5.97 Å². The number of nitrogens with two attached hydrogens (primary N) is 1. The number of carbonyl (C=O) groups is 1. The molecule has 0 radical (unpaired) electrons. The Morgan fingerprint density at radius 1 is 1.77 bits per heavy atom. The number of hydrogen-bond donors (Lipinski definition) is 1. The number of ether oxygens (including phenoxy) is 1. The van der Waals surface area contributed by atoms with Crippen LogP contribution in [0.25, 0.3) is 0 Å². The maximum atomic E-state index is 11.3. The first kappa shape index (κ1) is 9.73. The fourth-order valence-corrected chi connectivity index (χ4v) is 1.03. The van der Waals surface area contributed by atoms with E-state index in [2.05, 4.69) is 4.98 Å². The van der Waals surface area contributed by atoms with Gasteiger partial charge in [-0.05, 0) is 6.92 Å². The van der Waals surface area contributed by atoms with Crippen molar-refractivity contribution in [3.05, 3.63) is 17.7 Å². The number of aromatic nitrogens is 2. The van der Waals surface area contributed by atoms with E-state index in [1.165, 1.54) is 6.20 Å². The summed E-state index contributed by atoms with van der Waals surface area (Å²) in [5, 5.41) is 0. The van der Waals surface area contributed by atoms with Crippen molar-refractivity contribution in [3.8, 4) is 0 Å². The van der Waals surface area contributed by atoms with Gasteiger partial charge in [0.2, 0.25) is 0 Å². The second-order valence-corrected chi connectivity index (χ2v) is 2.54. The fourth-order valence-electron chi connectivity index (χ4n) is 1.03. The maximum absolute atomic E-state index is 11.3. The van der Waals surface area contributed by atoms with Crippen LogP contribution in [0.5, 0.6) is 0 Å². The molecule has 0 saturated heterocycles. The summed E-state index contributed by atoms with van der Waals surface area (Å²) in [6.45, 7) is 2.44. The molecular formula is C8H13N3O2. The van der Waals surface area contributed by atoms with E-state index in [1.54, 1.807) is 18.5 Å². The first-order valence-corrected chi connectivity index (χ1v) is 4.08. The van der Waals surface area contributed by atoms with Crippen LogP contribution in [-0.4, -0.2) is 22.1 Å². The van der Waals surface area contributed by atoms with Crippen LogP contribution in [0.15, 0.2) is 6.20 Å². The normalized spacial score (nSPS) is 10.1. The molecule has 0 aromatic carbocycles. The van der Waals surface area contributed by atoms with Gasteiger partial charge in [0.15, 0.2) is 0 Å². The molecule has 0 amide bonds. The molecule has 5 nitrogen and oxygen atoms in total. The number of rotatable bonds is 3. The Balaban J connectivity index is 2.89. The second kappa shape index (κ2) is 4.04. The van der Waals surface area contributed by atoms with Crippen LogP contribution in [0.3, 0.4) is 0 Å². The summed E-state index contributed by atoms with van der Waals surface area (Å²) >= 11 is 0. The molecule has 1 aromatic heterocycles. The third-order valence-electron chi connectivity index (χ3n) is 1.75. The van der Waals surface area contributed by atoms with Crippen molar-refractivity contribution in [1.29, 1.82) is 0 Å². The lowest BCUT2D eigenvalue weighted by Gasteiger charge is -2.03. The summed E-state index contributed by atoms with van der Waals surface area (Å²) in [5.74, 6) is 0.306. The second-order valence-electron chi connectivity index (χ2n) is 2.54. The topological polar surface area (TPSA) is 70.1 Å². The lowest BCUT2D eigenvalue weighted by atomic mass is 10.5. The molecule has 13 heavy (non-hydrogen) atoms. The van der Waals surface area contributed by atoms with E-state index in [9.17, 15) is 4.79 Å². The van der Waals surface area contributed by atoms with Crippen molar-refractivity contribution < 1.29 is 9.53 Å². The molecule has 72 valence electrons. The van der Waals surface area contributed by atoms with Gasteiger partial charge in [-0.15, -0.1) is 0 Å². The SMILES string of the molecule is CCOC(=O)c1cnc(CN)n1C. The van der Waals surface area contributed by atoms with Crippen LogP contribution in [0.1, 0.15) is 23.2 Å². The molecule has 0 unspecified atom stereocenters. The van der Waals surface area contributed by atoms with Gasteiger partial charge in [0, 0.05) is 7.05 Å². The van der Waals surface area contributed by atoms with E-state index < -0.39 is 0 Å². The molecule has 1 aromatic rings. The first-order chi connectivity index (χ1) is 6.20. The fraction of sp³-hybridized carbons (Fsp3) is 0.500. The summed E-state index contributed by atoms with van der Waals surface area (Å²) in [7, 11) is 1.74. The van der Waals surface area contributed by atoms with Crippen molar-refractivity contribution in [2.75, 3.05) is 6.61 Å². The van der Waals surface area contributed by atoms with Crippen molar-refractivity contribution >= 4 is 5.97 Å². The minimum absolute atomic E-state index is 0.315. The van der Waals surface area contributed by atoms with Gasteiger partial charge in [0.05, 0.1) is 19.3 Å². The highest BCUT2D eigenvalue weighted by molar-refractivity contribution is 5.87. The Bertz CT molecular complexity index is 306. The molecule has 5 heteroatoms. The van der Waals surface area contributed by atoms with E-state index in [0.717, 1.165) is 0 Å². The van der Waals surface area contributed by atoms with Gasteiger partial charge in [-0.2, -0.15) is 0 Å². The van der Waals surface area contributed by atoms with E-state index in [0.29, 0.717) is 24.7 Å². The number of imidazole rings is 1. The van der Waals surface area contributed by atoms with Gasteiger partial charge < -0.3 is 15.0 Å². The van der Waals surface area contributed by atoms with Gasteiger partial charge in [0.25, 0.3) is 0 Å². The van der Waals surface area contributed by atoms with Crippen molar-refractivity contribution in [2.24, 2.45) is 12.8 Å². The molecule has 0 spiro atoms. The molecule has 0 saturated carbocycles. The number of carbonyl (C=O) groups excluding carboxylic acids is 1. The van der Waals surface area contributed by atoms with Crippen LogP contribution in [0.2, 0.25) is 0 Å². The minimum Gasteiger partial charge on any atom is -0.461 e. The Kier molecular flexibility index (Phi) is 3.02. The zero-order chi connectivity index (χ0) is 9.84. The monoisotopic (exact) mass is 183 g/mol. The lowest BCUT2D eigenvalue weighted by molar-refractivity contribution is 0.0515. The smallest absolute Gasteiger partial charge is 0.356 e. The van der Waals surface area contributed by atoms with Crippen LogP contribution in [0, 0.1) is 0 Å². The summed E-state index contributed by atoms with van der Waals surface area (Å²) in [4.78, 5) is 15.2. The Labute approximate surface area is 76.5 Å². The number of nitrogens with zero attached hydrogens (tertiary/aromatic N) is 2. The van der Waals surface area contributed by atoms with Crippen LogP contribution in [0.4, 0.5) is 0 Å². The third kappa shape index (κ3) is 1.86. The number of hydrogen-bond acceptors (Lipinski definition) is 4. The Morgan fingerprint density at radius 2 is 2.46 bits per heavy atom. The molecule has 0 aliphatic carbocycles. The van der Waals surface area contributed by atoms with Gasteiger partial charge >= 0.3 is 5.97 Å². The Hall–Kier alpha value is -1.36. The lowest BCUT2D eigenvalue weighted by Crippen LogP contribution is -2.12. The minimum atomic E-state index is -0.364. The summed E-state index contributed by atoms with van der Waals surface area (Å²) in [6.07, 6.45) is 1.47. The molecule has 0 bridgehead atoms. The zero-order valence-corrected chi connectivity index (χ0v) is 7.78. The molecule has 1 heterocycles. The molecule has 0 aliphatic heterocycles.